The molecule has 14 nitrogen and oxygen atoms in total. The molecule has 0 aliphatic carbocycles. The molecule has 214 valence electrons. The molecule has 0 aliphatic rings. The highest BCUT2D eigenvalue weighted by atomic mass is 32.2. The lowest BCUT2D eigenvalue weighted by Crippen LogP contribution is -2.59. The zero-order chi connectivity index (χ0) is 28.7. The van der Waals surface area contributed by atoms with Crippen LogP contribution in [0.3, 0.4) is 0 Å². The predicted molar refractivity (Wildman–Crippen MR) is 145 cm³/mol. The third-order valence-electron chi connectivity index (χ3n) is 5.96. The average Bonchev–Trinajstić information content (AvgIpc) is 3.39. The lowest BCUT2D eigenvalue weighted by Gasteiger charge is -2.28. The van der Waals surface area contributed by atoms with Crippen molar-refractivity contribution in [3.8, 4) is 0 Å². The fourth-order valence-corrected chi connectivity index (χ4v) is 3.97. The van der Waals surface area contributed by atoms with E-state index < -0.39 is 47.9 Å². The van der Waals surface area contributed by atoms with Crippen molar-refractivity contribution in [1.82, 2.24) is 31.2 Å². The fourth-order valence-electron chi connectivity index (χ4n) is 3.48. The first-order valence-electron chi connectivity index (χ1n) is 12.4. The molecular weight excluding hydrogens is 514 g/mol. The average molecular weight is 556 g/mol. The Morgan fingerprint density at radius 3 is 2.37 bits per heavy atom. The van der Waals surface area contributed by atoms with Crippen molar-refractivity contribution in [1.29, 1.82) is 5.41 Å². The van der Waals surface area contributed by atoms with Gasteiger partial charge in [0.15, 0.2) is 5.96 Å². The number of aromatic nitrogens is 2. The molecule has 11 N–H and O–H groups in total. The minimum Gasteiger partial charge on any atom is -0.480 e. The molecule has 0 saturated heterocycles. The lowest BCUT2D eigenvalue weighted by molar-refractivity contribution is -0.143. The number of guanidine groups is 1. The van der Waals surface area contributed by atoms with Gasteiger partial charge in [-0.15, -0.1) is 0 Å². The Hall–Kier alpha value is -3.33. The van der Waals surface area contributed by atoms with E-state index in [1.807, 2.05) is 13.2 Å². The van der Waals surface area contributed by atoms with Gasteiger partial charge in [-0.2, -0.15) is 11.8 Å². The minimum atomic E-state index is -1.22. The van der Waals surface area contributed by atoms with Gasteiger partial charge in [-0.25, -0.2) is 9.78 Å². The van der Waals surface area contributed by atoms with Crippen molar-refractivity contribution in [2.75, 3.05) is 18.6 Å². The minimum absolute atomic E-state index is 0.0616. The number of hydrogen-bond acceptors (Lipinski definition) is 8. The van der Waals surface area contributed by atoms with E-state index in [1.54, 1.807) is 24.9 Å². The highest BCUT2D eigenvalue weighted by molar-refractivity contribution is 7.98. The summed E-state index contributed by atoms with van der Waals surface area (Å²) >= 11 is 1.55. The Bertz CT molecular complexity index is 915. The molecule has 0 aromatic carbocycles. The summed E-state index contributed by atoms with van der Waals surface area (Å²) in [4.78, 5) is 57.8. The number of amides is 3. The number of carbonyl (C=O) groups is 4. The molecular formula is C23H41N9O5S. The molecule has 15 heteroatoms. The third-order valence-corrected chi connectivity index (χ3v) is 6.61. The van der Waals surface area contributed by atoms with Crippen molar-refractivity contribution < 1.29 is 24.3 Å². The maximum Gasteiger partial charge on any atom is 0.326 e. The molecule has 1 heterocycles. The number of aliphatic carboxylic acids is 1. The summed E-state index contributed by atoms with van der Waals surface area (Å²) in [5, 5.41) is 27.2. The number of nitrogens with one attached hydrogen (secondary N) is 6. The van der Waals surface area contributed by atoms with Crippen LogP contribution in [0.2, 0.25) is 0 Å². The number of imidazole rings is 1. The van der Waals surface area contributed by atoms with Gasteiger partial charge in [0.1, 0.15) is 18.1 Å². The monoisotopic (exact) mass is 555 g/mol. The van der Waals surface area contributed by atoms with Crippen LogP contribution in [0.4, 0.5) is 0 Å². The highest BCUT2D eigenvalue weighted by Gasteiger charge is 2.33. The van der Waals surface area contributed by atoms with Gasteiger partial charge >= 0.3 is 5.97 Å². The first-order chi connectivity index (χ1) is 18.0. The van der Waals surface area contributed by atoms with Crippen LogP contribution in [-0.2, 0) is 25.6 Å². The van der Waals surface area contributed by atoms with Crippen LogP contribution < -0.4 is 32.7 Å². The smallest absolute Gasteiger partial charge is 0.326 e. The van der Waals surface area contributed by atoms with Crippen molar-refractivity contribution >= 4 is 41.4 Å². The number of thioether (sulfide) groups is 1. The van der Waals surface area contributed by atoms with E-state index in [-0.39, 0.29) is 31.3 Å². The molecule has 3 amide bonds. The third kappa shape index (κ3) is 11.8. The number of aromatic amines is 1. The first kappa shape index (κ1) is 32.7. The van der Waals surface area contributed by atoms with Gasteiger partial charge in [-0.3, -0.25) is 19.8 Å². The second kappa shape index (κ2) is 17.2. The van der Waals surface area contributed by atoms with Crippen LogP contribution in [0.5, 0.6) is 0 Å². The molecule has 0 radical (unpaired) electrons. The zero-order valence-corrected chi connectivity index (χ0v) is 22.9. The van der Waals surface area contributed by atoms with Gasteiger partial charge in [-0.1, -0.05) is 20.3 Å². The van der Waals surface area contributed by atoms with E-state index in [4.69, 9.17) is 16.9 Å². The number of carbonyl (C=O) groups excluding carboxylic acids is 3. The van der Waals surface area contributed by atoms with Crippen molar-refractivity contribution in [3.05, 3.63) is 18.2 Å². The number of H-pyrrole nitrogens is 1. The summed E-state index contributed by atoms with van der Waals surface area (Å²) in [5.74, 6) is -2.88. The summed E-state index contributed by atoms with van der Waals surface area (Å²) in [5.41, 5.74) is 11.7. The lowest BCUT2D eigenvalue weighted by atomic mass is 9.96. The van der Waals surface area contributed by atoms with E-state index in [9.17, 15) is 24.3 Å². The van der Waals surface area contributed by atoms with Crippen molar-refractivity contribution in [2.45, 2.75) is 70.1 Å². The zero-order valence-electron chi connectivity index (χ0n) is 22.1. The van der Waals surface area contributed by atoms with E-state index in [1.165, 1.54) is 6.33 Å². The quantitative estimate of drug-likeness (QED) is 0.0600. The van der Waals surface area contributed by atoms with Crippen LogP contribution in [-0.4, -0.2) is 87.4 Å². The Morgan fingerprint density at radius 1 is 1.13 bits per heavy atom. The number of rotatable bonds is 18. The second-order valence-corrected chi connectivity index (χ2v) is 9.95. The van der Waals surface area contributed by atoms with Gasteiger partial charge in [0, 0.05) is 19.2 Å². The summed E-state index contributed by atoms with van der Waals surface area (Å²) < 4.78 is 0. The number of hydrogen-bond donors (Lipinski definition) is 9. The summed E-state index contributed by atoms with van der Waals surface area (Å²) in [6.45, 7) is 3.87. The predicted octanol–water partition coefficient (Wildman–Crippen LogP) is -1.12. The second-order valence-electron chi connectivity index (χ2n) is 8.97. The SMILES string of the molecule is CC[C@H](C)[C@H](NC(=O)[C@H](Cc1c[nH]cn1)NC(=O)[C@@H](N)CCSC)C(=O)N[C@@H](CCCNC(=N)N)C(=O)O. The first-order valence-corrected chi connectivity index (χ1v) is 13.8. The summed E-state index contributed by atoms with van der Waals surface area (Å²) in [6.07, 6.45) is 6.39. The summed E-state index contributed by atoms with van der Waals surface area (Å²) in [7, 11) is 0. The number of nitrogens with zero attached hydrogens (tertiary/aromatic N) is 1. The Balaban J connectivity index is 2.99. The van der Waals surface area contributed by atoms with Gasteiger partial charge in [-0.05, 0) is 37.2 Å². The molecule has 0 bridgehead atoms. The molecule has 0 aliphatic heterocycles. The standard InChI is InChI=1S/C23H41N9O5S/c1-4-13(2)18(21(35)30-16(22(36)37)6-5-8-28-23(25)26)32-20(34)17(10-14-11-27-12-29-14)31-19(33)15(24)7-9-38-3/h11-13,15-18H,4-10,24H2,1-3H3,(H,27,29)(H,30,35)(H,31,33)(H,32,34)(H,36,37)(H4,25,26,28)/t13-,15-,16-,17-,18-/m0/s1. The summed E-state index contributed by atoms with van der Waals surface area (Å²) in [6, 6.07) is -4.11. The topological polar surface area (TPSA) is 241 Å². The van der Waals surface area contributed by atoms with Crippen LogP contribution in [0.15, 0.2) is 12.5 Å². The van der Waals surface area contributed by atoms with Gasteiger partial charge in [0.05, 0.1) is 18.1 Å². The fraction of sp³-hybridized carbons (Fsp3) is 0.652. The molecule has 1 rings (SSSR count). The van der Waals surface area contributed by atoms with Gasteiger partial charge < -0.3 is 42.8 Å². The Morgan fingerprint density at radius 2 is 1.82 bits per heavy atom. The maximum absolute atomic E-state index is 13.3. The maximum atomic E-state index is 13.3. The van der Waals surface area contributed by atoms with Crippen LogP contribution in [0.1, 0.15) is 45.2 Å². The molecule has 0 unspecified atom stereocenters. The molecule has 0 fully saturated rings. The van der Waals surface area contributed by atoms with E-state index in [0.29, 0.717) is 30.7 Å². The normalized spacial score (nSPS) is 14.8. The largest absolute Gasteiger partial charge is 0.480 e. The van der Waals surface area contributed by atoms with Crippen LogP contribution in [0, 0.1) is 11.3 Å². The molecule has 5 atom stereocenters. The number of nitrogens with two attached hydrogens (primary N) is 2. The van der Waals surface area contributed by atoms with Crippen LogP contribution >= 0.6 is 11.8 Å². The highest BCUT2D eigenvalue weighted by Crippen LogP contribution is 2.11. The van der Waals surface area contributed by atoms with E-state index in [2.05, 4.69) is 31.2 Å². The van der Waals surface area contributed by atoms with E-state index in [0.717, 1.165) is 0 Å². The molecule has 0 saturated carbocycles. The Labute approximate surface area is 226 Å². The molecule has 38 heavy (non-hydrogen) atoms. The number of carboxylic acid groups (broad SMARTS) is 1. The van der Waals surface area contributed by atoms with Crippen molar-refractivity contribution in [2.24, 2.45) is 17.4 Å². The van der Waals surface area contributed by atoms with E-state index >= 15 is 0 Å². The molecule has 1 aromatic heterocycles. The van der Waals surface area contributed by atoms with Crippen LogP contribution in [0.25, 0.3) is 0 Å². The Kier molecular flexibility index (Phi) is 14.8. The van der Waals surface area contributed by atoms with Gasteiger partial charge in [0.25, 0.3) is 0 Å². The van der Waals surface area contributed by atoms with Gasteiger partial charge in [0.2, 0.25) is 17.7 Å². The van der Waals surface area contributed by atoms with Crippen molar-refractivity contribution in [3.63, 3.8) is 0 Å². The number of carboxylic acids is 1. The molecule has 0 spiro atoms. The molecule has 1 aromatic rings.